The van der Waals surface area contributed by atoms with Crippen LogP contribution in [0.25, 0.3) is 10.9 Å². The van der Waals surface area contributed by atoms with Crippen LogP contribution >= 0.6 is 0 Å². The third-order valence-electron chi connectivity index (χ3n) is 3.86. The number of carbonyl (C=O) groups excluding carboxylic acids is 1. The second-order valence-electron chi connectivity index (χ2n) is 5.19. The molecule has 0 bridgehead atoms. The fourth-order valence-corrected chi connectivity index (χ4v) is 2.93. The van der Waals surface area contributed by atoms with Crippen LogP contribution in [-0.2, 0) is 11.8 Å². The van der Waals surface area contributed by atoms with E-state index in [9.17, 15) is 4.79 Å². The molecular formula is C15H17NO. The monoisotopic (exact) mass is 227 g/mol. The fraction of sp³-hybridized carbons (Fsp3) is 0.400. The molecule has 2 aromatic rings. The summed E-state index contributed by atoms with van der Waals surface area (Å²) in [5.41, 5.74) is 3.92. The Morgan fingerprint density at radius 2 is 2.18 bits per heavy atom. The molecule has 1 aromatic heterocycles. The molecule has 0 radical (unpaired) electrons. The molecule has 1 unspecified atom stereocenters. The van der Waals surface area contributed by atoms with Gasteiger partial charge in [0.05, 0.1) is 0 Å². The van der Waals surface area contributed by atoms with Crippen LogP contribution in [0.15, 0.2) is 24.4 Å². The molecule has 0 spiro atoms. The average molecular weight is 227 g/mol. The Morgan fingerprint density at radius 3 is 2.88 bits per heavy atom. The largest absolute Gasteiger partial charge is 0.350 e. The van der Waals surface area contributed by atoms with Crippen molar-refractivity contribution in [2.45, 2.75) is 32.1 Å². The summed E-state index contributed by atoms with van der Waals surface area (Å²) in [5.74, 6) is 0.855. The Labute approximate surface area is 101 Å². The molecule has 1 aliphatic rings. The lowest BCUT2D eigenvalue weighted by Crippen LogP contribution is -1.93. The summed E-state index contributed by atoms with van der Waals surface area (Å²) in [4.78, 5) is 11.4. The van der Waals surface area contributed by atoms with Gasteiger partial charge in [0.15, 0.2) is 0 Å². The molecule has 1 aromatic carbocycles. The van der Waals surface area contributed by atoms with Crippen LogP contribution in [0.2, 0.25) is 0 Å². The van der Waals surface area contributed by atoms with Crippen LogP contribution < -0.4 is 0 Å². The number of hydrogen-bond acceptors (Lipinski definition) is 1. The van der Waals surface area contributed by atoms with E-state index >= 15 is 0 Å². The Balaban J connectivity index is 2.14. The molecule has 0 N–H and O–H groups in total. The third kappa shape index (κ3) is 1.68. The summed E-state index contributed by atoms with van der Waals surface area (Å²) >= 11 is 0. The highest BCUT2D eigenvalue weighted by Gasteiger charge is 2.26. The van der Waals surface area contributed by atoms with Gasteiger partial charge in [-0.3, -0.25) is 4.79 Å². The van der Waals surface area contributed by atoms with Crippen molar-refractivity contribution in [2.24, 2.45) is 7.05 Å². The zero-order valence-corrected chi connectivity index (χ0v) is 10.4. The molecule has 1 aliphatic carbocycles. The summed E-state index contributed by atoms with van der Waals surface area (Å²) in [6.07, 6.45) is 4.71. The summed E-state index contributed by atoms with van der Waals surface area (Å²) in [6.45, 7) is 2.12. The van der Waals surface area contributed by atoms with Crippen molar-refractivity contribution in [1.29, 1.82) is 0 Å². The van der Waals surface area contributed by atoms with E-state index in [2.05, 4.69) is 42.9 Å². The molecule has 1 fully saturated rings. The van der Waals surface area contributed by atoms with E-state index in [0.717, 1.165) is 19.3 Å². The van der Waals surface area contributed by atoms with Gasteiger partial charge in [-0.1, -0.05) is 12.1 Å². The van der Waals surface area contributed by atoms with Gasteiger partial charge >= 0.3 is 0 Å². The summed E-state index contributed by atoms with van der Waals surface area (Å²) in [5, 5.41) is 1.32. The number of benzene rings is 1. The minimum absolute atomic E-state index is 0.416. The molecule has 0 amide bonds. The van der Waals surface area contributed by atoms with E-state index < -0.39 is 0 Å². The Morgan fingerprint density at radius 1 is 1.35 bits per heavy atom. The first-order valence-corrected chi connectivity index (χ1v) is 6.22. The van der Waals surface area contributed by atoms with Crippen molar-refractivity contribution in [3.63, 3.8) is 0 Å². The van der Waals surface area contributed by atoms with Crippen molar-refractivity contribution in [3.05, 3.63) is 35.5 Å². The molecule has 88 valence electrons. The Kier molecular flexibility index (Phi) is 2.32. The lowest BCUT2D eigenvalue weighted by molar-refractivity contribution is -0.117. The highest BCUT2D eigenvalue weighted by atomic mass is 16.1. The van der Waals surface area contributed by atoms with Crippen LogP contribution in [-0.4, -0.2) is 10.4 Å². The maximum atomic E-state index is 11.4. The van der Waals surface area contributed by atoms with Gasteiger partial charge in [-0.2, -0.15) is 0 Å². The van der Waals surface area contributed by atoms with E-state index in [1.54, 1.807) is 0 Å². The highest BCUT2D eigenvalue weighted by Crippen LogP contribution is 2.37. The van der Waals surface area contributed by atoms with E-state index in [-0.39, 0.29) is 0 Å². The van der Waals surface area contributed by atoms with E-state index in [1.165, 1.54) is 22.0 Å². The third-order valence-corrected chi connectivity index (χ3v) is 3.86. The van der Waals surface area contributed by atoms with E-state index in [4.69, 9.17) is 0 Å². The second kappa shape index (κ2) is 3.73. The molecule has 1 heterocycles. The molecule has 3 rings (SSSR count). The minimum Gasteiger partial charge on any atom is -0.350 e. The van der Waals surface area contributed by atoms with Crippen molar-refractivity contribution >= 4 is 16.7 Å². The number of hydrogen-bond donors (Lipinski definition) is 0. The van der Waals surface area contributed by atoms with Gasteiger partial charge in [-0.05, 0) is 36.5 Å². The first-order chi connectivity index (χ1) is 8.15. The van der Waals surface area contributed by atoms with Crippen molar-refractivity contribution in [3.8, 4) is 0 Å². The lowest BCUT2D eigenvalue weighted by atomic mass is 9.97. The molecule has 2 nitrogen and oxygen atoms in total. The zero-order chi connectivity index (χ0) is 12.0. The van der Waals surface area contributed by atoms with E-state index in [1.807, 2.05) is 0 Å². The average Bonchev–Trinajstić information content (AvgIpc) is 2.84. The molecule has 1 saturated carbocycles. The number of aryl methyl sites for hydroxylation is 2. The number of Topliss-reactive ketones (excluding diaryl/α,β-unsaturated/α-hetero) is 1. The van der Waals surface area contributed by atoms with Crippen LogP contribution in [0, 0.1) is 6.92 Å². The van der Waals surface area contributed by atoms with Gasteiger partial charge < -0.3 is 4.57 Å². The van der Waals surface area contributed by atoms with Gasteiger partial charge in [0.25, 0.3) is 0 Å². The molecular weight excluding hydrogens is 210 g/mol. The summed E-state index contributed by atoms with van der Waals surface area (Å²) < 4.78 is 2.18. The number of carbonyl (C=O) groups is 1. The zero-order valence-electron chi connectivity index (χ0n) is 10.4. The number of fused-ring (bicyclic) bond motifs is 1. The number of rotatable bonds is 1. The molecule has 1 atom stereocenters. The normalized spacial score (nSPS) is 20.4. The summed E-state index contributed by atoms with van der Waals surface area (Å²) in [7, 11) is 2.09. The summed E-state index contributed by atoms with van der Waals surface area (Å²) in [6, 6.07) is 6.57. The molecule has 0 aliphatic heterocycles. The van der Waals surface area contributed by atoms with Gasteiger partial charge in [-0.25, -0.2) is 0 Å². The number of ketones is 1. The van der Waals surface area contributed by atoms with Crippen LogP contribution in [0.4, 0.5) is 0 Å². The molecule has 2 heteroatoms. The smallest absolute Gasteiger partial charge is 0.133 e. The second-order valence-corrected chi connectivity index (χ2v) is 5.19. The van der Waals surface area contributed by atoms with Crippen LogP contribution in [0.1, 0.15) is 36.3 Å². The lowest BCUT2D eigenvalue weighted by Gasteiger charge is -2.06. The fourth-order valence-electron chi connectivity index (χ4n) is 2.93. The van der Waals surface area contributed by atoms with E-state index in [0.29, 0.717) is 11.7 Å². The Hall–Kier alpha value is -1.57. The standard InChI is InChI=1S/C15H17NO/c1-10-3-6-13-14(9-16(2)15(13)7-10)11-4-5-12(17)8-11/h3,6-7,9,11H,4-5,8H2,1-2H3. The first kappa shape index (κ1) is 10.6. The maximum Gasteiger partial charge on any atom is 0.133 e. The topological polar surface area (TPSA) is 22.0 Å². The molecule has 0 saturated heterocycles. The number of nitrogens with zero attached hydrogens (tertiary/aromatic N) is 1. The van der Waals surface area contributed by atoms with Crippen molar-refractivity contribution in [1.82, 2.24) is 4.57 Å². The van der Waals surface area contributed by atoms with Gasteiger partial charge in [0.1, 0.15) is 5.78 Å². The van der Waals surface area contributed by atoms with Crippen LogP contribution in [0.3, 0.4) is 0 Å². The predicted octanol–water partition coefficient (Wildman–Crippen LogP) is 3.32. The van der Waals surface area contributed by atoms with Gasteiger partial charge in [0, 0.05) is 37.0 Å². The predicted molar refractivity (Wildman–Crippen MR) is 69.3 cm³/mol. The van der Waals surface area contributed by atoms with Crippen molar-refractivity contribution in [2.75, 3.05) is 0 Å². The van der Waals surface area contributed by atoms with Crippen molar-refractivity contribution < 1.29 is 4.79 Å². The number of aromatic nitrogens is 1. The molecule has 17 heavy (non-hydrogen) atoms. The minimum atomic E-state index is 0.416. The van der Waals surface area contributed by atoms with Gasteiger partial charge in [0.2, 0.25) is 0 Å². The maximum absolute atomic E-state index is 11.4. The first-order valence-electron chi connectivity index (χ1n) is 6.22. The Bertz CT molecular complexity index is 594. The highest BCUT2D eigenvalue weighted by molar-refractivity contribution is 5.88. The SMILES string of the molecule is Cc1ccc2c(C3CCC(=O)C3)cn(C)c2c1. The quantitative estimate of drug-likeness (QED) is 0.732. The van der Waals surface area contributed by atoms with Gasteiger partial charge in [-0.15, -0.1) is 0 Å². The van der Waals surface area contributed by atoms with Crippen LogP contribution in [0.5, 0.6) is 0 Å².